The van der Waals surface area contributed by atoms with Crippen molar-refractivity contribution >= 4 is 44.8 Å². The lowest BCUT2D eigenvalue weighted by Gasteiger charge is -2.19. The summed E-state index contributed by atoms with van der Waals surface area (Å²) in [5.41, 5.74) is 0.940. The standard InChI is InChI=1S/C20H22N2O6S2/c1-12(8-19(23)21-13-4-6-16(27-2)17(9-13)28-3)30(25,26)14-5-7-18-15(10-14)22-20(24)11-29-18/h4-7,9-10,12H,8,11H2,1-3H3,(H,21,23)(H,22,24)/t12-/m1/s1. The van der Waals surface area contributed by atoms with Crippen LogP contribution in [0.25, 0.3) is 0 Å². The summed E-state index contributed by atoms with van der Waals surface area (Å²) in [6, 6.07) is 9.50. The zero-order chi connectivity index (χ0) is 21.9. The Hall–Kier alpha value is -2.72. The van der Waals surface area contributed by atoms with Crippen LogP contribution in [0.2, 0.25) is 0 Å². The monoisotopic (exact) mass is 450 g/mol. The maximum absolute atomic E-state index is 12.9. The molecule has 2 N–H and O–H groups in total. The van der Waals surface area contributed by atoms with Crippen LogP contribution in [-0.4, -0.2) is 45.5 Å². The third-order valence-corrected chi connectivity index (χ3v) is 7.79. The quantitative estimate of drug-likeness (QED) is 0.667. The number of carbonyl (C=O) groups is 2. The fourth-order valence-corrected chi connectivity index (χ4v) is 5.13. The van der Waals surface area contributed by atoms with Gasteiger partial charge >= 0.3 is 0 Å². The number of carbonyl (C=O) groups excluding carboxylic acids is 2. The molecule has 0 radical (unpaired) electrons. The Morgan fingerprint density at radius 1 is 1.17 bits per heavy atom. The zero-order valence-electron chi connectivity index (χ0n) is 16.7. The second-order valence-electron chi connectivity index (χ2n) is 6.67. The van der Waals surface area contributed by atoms with Crippen molar-refractivity contribution in [2.75, 3.05) is 30.6 Å². The van der Waals surface area contributed by atoms with Crippen LogP contribution in [-0.2, 0) is 19.4 Å². The second-order valence-corrected chi connectivity index (χ2v) is 10.1. The Kier molecular flexibility index (Phi) is 6.57. The van der Waals surface area contributed by atoms with Crippen LogP contribution < -0.4 is 20.1 Å². The first-order valence-electron chi connectivity index (χ1n) is 9.07. The highest BCUT2D eigenvalue weighted by atomic mass is 32.2. The average molecular weight is 451 g/mol. The van der Waals surface area contributed by atoms with Crippen LogP contribution in [0.1, 0.15) is 13.3 Å². The molecule has 10 heteroatoms. The molecule has 0 spiro atoms. The number of thioether (sulfide) groups is 1. The van der Waals surface area contributed by atoms with E-state index >= 15 is 0 Å². The fraction of sp³-hybridized carbons (Fsp3) is 0.300. The van der Waals surface area contributed by atoms with Gasteiger partial charge in [-0.25, -0.2) is 8.42 Å². The molecule has 3 rings (SSSR count). The molecule has 0 fully saturated rings. The number of anilines is 2. The van der Waals surface area contributed by atoms with Gasteiger partial charge in [-0.05, 0) is 37.3 Å². The van der Waals surface area contributed by atoms with Crippen molar-refractivity contribution in [2.24, 2.45) is 0 Å². The Bertz CT molecular complexity index is 1080. The van der Waals surface area contributed by atoms with Gasteiger partial charge in [-0.1, -0.05) is 0 Å². The molecule has 8 nitrogen and oxygen atoms in total. The molecule has 1 aliphatic rings. The first-order chi connectivity index (χ1) is 14.2. The van der Waals surface area contributed by atoms with Crippen LogP contribution in [0.3, 0.4) is 0 Å². The van der Waals surface area contributed by atoms with Gasteiger partial charge in [-0.15, -0.1) is 11.8 Å². The minimum atomic E-state index is -3.77. The van der Waals surface area contributed by atoms with Gasteiger partial charge in [0.2, 0.25) is 11.8 Å². The smallest absolute Gasteiger partial charge is 0.234 e. The summed E-state index contributed by atoms with van der Waals surface area (Å²) in [5.74, 6) is 0.643. The number of fused-ring (bicyclic) bond motifs is 1. The van der Waals surface area contributed by atoms with Gasteiger partial charge in [-0.3, -0.25) is 9.59 Å². The minimum absolute atomic E-state index is 0.0652. The molecule has 30 heavy (non-hydrogen) atoms. The van der Waals surface area contributed by atoms with Gasteiger partial charge < -0.3 is 20.1 Å². The summed E-state index contributed by atoms with van der Waals surface area (Å²) in [6.45, 7) is 1.48. The molecule has 1 atom stereocenters. The second kappa shape index (κ2) is 8.97. The Morgan fingerprint density at radius 3 is 2.60 bits per heavy atom. The lowest BCUT2D eigenvalue weighted by molar-refractivity contribution is -0.116. The van der Waals surface area contributed by atoms with E-state index in [1.165, 1.54) is 45.0 Å². The molecule has 0 unspecified atom stereocenters. The van der Waals surface area contributed by atoms with Gasteiger partial charge in [0.1, 0.15) is 0 Å². The largest absolute Gasteiger partial charge is 0.493 e. The lowest BCUT2D eigenvalue weighted by Crippen LogP contribution is -2.25. The molecule has 0 saturated heterocycles. The van der Waals surface area contributed by atoms with Crippen LogP contribution in [0.4, 0.5) is 11.4 Å². The summed E-state index contributed by atoms with van der Waals surface area (Å²) in [5, 5.41) is 4.40. The van der Waals surface area contributed by atoms with Crippen LogP contribution in [0.5, 0.6) is 11.5 Å². The van der Waals surface area contributed by atoms with E-state index in [4.69, 9.17) is 9.47 Å². The van der Waals surface area contributed by atoms with Crippen LogP contribution in [0, 0.1) is 0 Å². The highest BCUT2D eigenvalue weighted by molar-refractivity contribution is 8.00. The molecular formula is C20H22N2O6S2. The molecule has 2 aromatic rings. The van der Waals surface area contributed by atoms with E-state index in [1.807, 2.05) is 0 Å². The van der Waals surface area contributed by atoms with E-state index in [2.05, 4.69) is 10.6 Å². The number of sulfone groups is 1. The first-order valence-corrected chi connectivity index (χ1v) is 11.6. The van der Waals surface area contributed by atoms with Crippen molar-refractivity contribution in [1.82, 2.24) is 0 Å². The number of benzene rings is 2. The van der Waals surface area contributed by atoms with E-state index in [0.29, 0.717) is 28.6 Å². The van der Waals surface area contributed by atoms with Crippen molar-refractivity contribution in [3.63, 3.8) is 0 Å². The van der Waals surface area contributed by atoms with Crippen molar-refractivity contribution in [3.8, 4) is 11.5 Å². The van der Waals surface area contributed by atoms with E-state index < -0.39 is 21.0 Å². The average Bonchev–Trinajstić information content (AvgIpc) is 2.72. The Balaban J connectivity index is 1.72. The van der Waals surface area contributed by atoms with E-state index in [-0.39, 0.29) is 17.2 Å². The van der Waals surface area contributed by atoms with Gasteiger partial charge in [0.25, 0.3) is 0 Å². The number of amides is 2. The Labute approximate surface area is 179 Å². The topological polar surface area (TPSA) is 111 Å². The SMILES string of the molecule is COc1ccc(NC(=O)C[C@@H](C)S(=O)(=O)c2ccc3c(c2)NC(=O)CS3)cc1OC. The predicted octanol–water partition coefficient (Wildman–Crippen LogP) is 2.94. The molecule has 160 valence electrons. The third kappa shape index (κ3) is 4.71. The molecule has 0 aliphatic carbocycles. The van der Waals surface area contributed by atoms with Crippen molar-refractivity contribution in [3.05, 3.63) is 36.4 Å². The van der Waals surface area contributed by atoms with Crippen LogP contribution >= 0.6 is 11.8 Å². The Morgan fingerprint density at radius 2 is 1.90 bits per heavy atom. The van der Waals surface area contributed by atoms with E-state index in [1.54, 1.807) is 24.3 Å². The fourth-order valence-electron chi connectivity index (χ4n) is 2.97. The maximum atomic E-state index is 12.9. The molecule has 0 bridgehead atoms. The minimum Gasteiger partial charge on any atom is -0.493 e. The number of rotatable bonds is 7. The molecular weight excluding hydrogens is 428 g/mol. The van der Waals surface area contributed by atoms with E-state index in [9.17, 15) is 18.0 Å². The van der Waals surface area contributed by atoms with Crippen molar-refractivity contribution in [1.29, 1.82) is 0 Å². The number of methoxy groups -OCH3 is 2. The first kappa shape index (κ1) is 22.0. The van der Waals surface area contributed by atoms with Crippen molar-refractivity contribution in [2.45, 2.75) is 28.4 Å². The summed E-state index contributed by atoms with van der Waals surface area (Å²) < 4.78 is 36.2. The number of nitrogens with one attached hydrogen (secondary N) is 2. The number of ether oxygens (including phenoxy) is 2. The number of hydrogen-bond acceptors (Lipinski definition) is 7. The highest BCUT2D eigenvalue weighted by Gasteiger charge is 2.27. The summed E-state index contributed by atoms with van der Waals surface area (Å²) >= 11 is 1.35. The predicted molar refractivity (Wildman–Crippen MR) is 115 cm³/mol. The molecule has 1 heterocycles. The molecule has 1 aliphatic heterocycles. The maximum Gasteiger partial charge on any atom is 0.234 e. The zero-order valence-corrected chi connectivity index (χ0v) is 18.4. The molecule has 2 amide bonds. The van der Waals surface area contributed by atoms with E-state index in [0.717, 1.165) is 4.90 Å². The molecule has 2 aromatic carbocycles. The molecule has 0 aromatic heterocycles. The van der Waals surface area contributed by atoms with Gasteiger partial charge in [-0.2, -0.15) is 0 Å². The summed E-state index contributed by atoms with van der Waals surface area (Å²) in [4.78, 5) is 24.9. The third-order valence-electron chi connectivity index (χ3n) is 4.58. The highest BCUT2D eigenvalue weighted by Crippen LogP contribution is 2.34. The number of hydrogen-bond donors (Lipinski definition) is 2. The normalized spacial score (nSPS) is 14.3. The van der Waals surface area contributed by atoms with Crippen LogP contribution in [0.15, 0.2) is 46.2 Å². The lowest BCUT2D eigenvalue weighted by atomic mass is 10.2. The van der Waals surface area contributed by atoms with Crippen molar-refractivity contribution < 1.29 is 27.5 Å². The van der Waals surface area contributed by atoms with Gasteiger partial charge in [0, 0.05) is 23.1 Å². The van der Waals surface area contributed by atoms with Gasteiger partial charge in [0.15, 0.2) is 21.3 Å². The molecule has 0 saturated carbocycles. The summed E-state index contributed by atoms with van der Waals surface area (Å²) in [6.07, 6.45) is -0.227. The van der Waals surface area contributed by atoms with Gasteiger partial charge in [0.05, 0.1) is 35.8 Å². The summed E-state index contributed by atoms with van der Waals surface area (Å²) in [7, 11) is -0.776.